The summed E-state index contributed by atoms with van der Waals surface area (Å²) >= 11 is 0. The first-order chi connectivity index (χ1) is 14.8. The molecule has 5 aromatic carbocycles. The van der Waals surface area contributed by atoms with Crippen molar-refractivity contribution >= 4 is 50.0 Å². The minimum Gasteiger partial charge on any atom is -0.0889 e. The smallest absolute Gasteiger partial charge is 0.0889 e. The summed E-state index contributed by atoms with van der Waals surface area (Å²) in [6, 6.07) is 29.4. The molecule has 0 saturated heterocycles. The van der Waals surface area contributed by atoms with Gasteiger partial charge in [0.05, 0.1) is 0 Å². The number of aryl methyl sites for hydroxylation is 1. The molecule has 0 unspecified atom stereocenters. The summed E-state index contributed by atoms with van der Waals surface area (Å²) in [4.78, 5) is 0. The number of benzene rings is 5. The van der Waals surface area contributed by atoms with Gasteiger partial charge in [0.25, 0.3) is 0 Å². The van der Waals surface area contributed by atoms with E-state index in [-0.39, 0.29) is 6.71 Å². The molecule has 1 heteroatoms. The third-order valence-electron chi connectivity index (χ3n) is 6.72. The van der Waals surface area contributed by atoms with Crippen LogP contribution < -0.4 is 10.9 Å². The molecule has 1 aliphatic carbocycles. The average molecular weight is 382 g/mol. The van der Waals surface area contributed by atoms with Crippen LogP contribution in [0.1, 0.15) is 18.4 Å². The van der Waals surface area contributed by atoms with Crippen LogP contribution in [-0.2, 0) is 0 Å². The molecular weight excluding hydrogens is 359 g/mol. The van der Waals surface area contributed by atoms with E-state index in [1.807, 2.05) is 0 Å². The van der Waals surface area contributed by atoms with Gasteiger partial charge < -0.3 is 0 Å². The molecule has 0 saturated carbocycles. The molecule has 0 bridgehead atoms. The van der Waals surface area contributed by atoms with Crippen molar-refractivity contribution in [1.29, 1.82) is 0 Å². The Hall–Kier alpha value is -3.32. The van der Waals surface area contributed by atoms with E-state index in [0.29, 0.717) is 0 Å². The molecule has 5 aromatic rings. The highest BCUT2D eigenvalue weighted by molar-refractivity contribution is 6.93. The molecule has 0 nitrogen and oxygen atoms in total. The molecule has 0 atom stereocenters. The minimum absolute atomic E-state index is 0.258. The Labute approximate surface area is 178 Å². The summed E-state index contributed by atoms with van der Waals surface area (Å²) in [5, 5.41) is 8.23. The van der Waals surface area contributed by atoms with Crippen LogP contribution in [0.25, 0.3) is 32.3 Å². The first kappa shape index (κ1) is 17.5. The fourth-order valence-corrected chi connectivity index (χ4v) is 5.27. The van der Waals surface area contributed by atoms with E-state index in [9.17, 15) is 0 Å². The number of allylic oxidation sites excluding steroid dienone is 4. The van der Waals surface area contributed by atoms with Crippen molar-refractivity contribution in [2.75, 3.05) is 0 Å². The lowest BCUT2D eigenvalue weighted by Gasteiger charge is -2.22. The van der Waals surface area contributed by atoms with Crippen molar-refractivity contribution in [1.82, 2.24) is 0 Å². The van der Waals surface area contributed by atoms with Gasteiger partial charge in [-0.25, -0.2) is 0 Å². The van der Waals surface area contributed by atoms with E-state index < -0.39 is 0 Å². The predicted molar refractivity (Wildman–Crippen MR) is 133 cm³/mol. The van der Waals surface area contributed by atoms with E-state index in [0.717, 1.165) is 12.8 Å². The zero-order valence-corrected chi connectivity index (χ0v) is 17.2. The summed E-state index contributed by atoms with van der Waals surface area (Å²) in [5.41, 5.74) is 5.53. The molecule has 0 N–H and O–H groups in total. The monoisotopic (exact) mass is 382 g/mol. The third-order valence-corrected chi connectivity index (χ3v) is 6.72. The SMILES string of the molecule is Cc1ccc2ccc3ccc(B(C4=CCCC=C4)c4ccccc4)c4ccc1c2c34. The maximum absolute atomic E-state index is 2.43. The molecular formula is C29H23B. The lowest BCUT2D eigenvalue weighted by Crippen LogP contribution is -2.44. The highest BCUT2D eigenvalue weighted by Crippen LogP contribution is 2.35. The van der Waals surface area contributed by atoms with Gasteiger partial charge in [-0.1, -0.05) is 113 Å². The van der Waals surface area contributed by atoms with Crippen LogP contribution in [0.3, 0.4) is 0 Å². The molecule has 0 amide bonds. The highest BCUT2D eigenvalue weighted by atomic mass is 14.1. The van der Waals surface area contributed by atoms with Gasteiger partial charge in [0.1, 0.15) is 0 Å². The summed E-state index contributed by atoms with van der Waals surface area (Å²) in [6.45, 7) is 2.48. The number of hydrogen-bond acceptors (Lipinski definition) is 0. The Morgan fingerprint density at radius 1 is 0.667 bits per heavy atom. The molecule has 0 heterocycles. The summed E-state index contributed by atoms with van der Waals surface area (Å²) in [5.74, 6) is 0. The molecule has 0 fully saturated rings. The lowest BCUT2D eigenvalue weighted by atomic mass is 9.35. The van der Waals surface area contributed by atoms with Gasteiger partial charge >= 0.3 is 0 Å². The predicted octanol–water partition coefficient (Wildman–Crippen LogP) is 6.32. The van der Waals surface area contributed by atoms with Gasteiger partial charge in [-0.05, 0) is 57.6 Å². The van der Waals surface area contributed by atoms with Crippen LogP contribution in [0.4, 0.5) is 0 Å². The van der Waals surface area contributed by atoms with Crippen molar-refractivity contribution in [3.8, 4) is 0 Å². The number of hydrogen-bond donors (Lipinski definition) is 0. The number of rotatable bonds is 3. The molecule has 30 heavy (non-hydrogen) atoms. The van der Waals surface area contributed by atoms with E-state index in [1.54, 1.807) is 0 Å². The van der Waals surface area contributed by atoms with Crippen LogP contribution in [0.2, 0.25) is 0 Å². The van der Waals surface area contributed by atoms with Gasteiger partial charge in [0, 0.05) is 0 Å². The van der Waals surface area contributed by atoms with Crippen LogP contribution in [0.5, 0.6) is 0 Å². The first-order valence-corrected chi connectivity index (χ1v) is 10.9. The minimum atomic E-state index is 0.258. The molecule has 6 rings (SSSR count). The van der Waals surface area contributed by atoms with Crippen LogP contribution in [0.15, 0.2) is 103 Å². The highest BCUT2D eigenvalue weighted by Gasteiger charge is 2.26. The first-order valence-electron chi connectivity index (χ1n) is 10.9. The fourth-order valence-electron chi connectivity index (χ4n) is 5.27. The zero-order chi connectivity index (χ0) is 20.1. The fraction of sp³-hybridized carbons (Fsp3) is 0.103. The van der Waals surface area contributed by atoms with Crippen LogP contribution >= 0.6 is 0 Å². The van der Waals surface area contributed by atoms with E-state index in [4.69, 9.17) is 0 Å². The second-order valence-electron chi connectivity index (χ2n) is 8.49. The van der Waals surface area contributed by atoms with Gasteiger partial charge in [0.2, 0.25) is 6.71 Å². The quantitative estimate of drug-likeness (QED) is 0.253. The van der Waals surface area contributed by atoms with Gasteiger partial charge in [0.15, 0.2) is 0 Å². The van der Waals surface area contributed by atoms with Crippen molar-refractivity contribution in [2.24, 2.45) is 0 Å². The normalized spacial score (nSPS) is 14.0. The Bertz CT molecular complexity index is 1440. The van der Waals surface area contributed by atoms with E-state index in [2.05, 4.69) is 104 Å². The van der Waals surface area contributed by atoms with Crippen LogP contribution in [-0.4, -0.2) is 6.71 Å². The van der Waals surface area contributed by atoms with Gasteiger partial charge in [-0.2, -0.15) is 0 Å². The molecule has 0 spiro atoms. The molecule has 0 radical (unpaired) electrons. The van der Waals surface area contributed by atoms with Crippen molar-refractivity contribution in [3.05, 3.63) is 108 Å². The zero-order valence-electron chi connectivity index (χ0n) is 17.2. The Morgan fingerprint density at radius 2 is 1.37 bits per heavy atom. The Balaban J connectivity index is 1.71. The Kier molecular flexibility index (Phi) is 4.02. The standard InChI is InChI=1S/C29H23B/c1-20-12-13-21-14-15-22-16-19-27(26-18-17-25(20)28(21)29(22)26)30(23-8-4-2-5-9-23)24-10-6-3-7-11-24/h2,4-6,8-19H,3,7H2,1H3. The molecule has 0 aliphatic heterocycles. The summed E-state index contributed by atoms with van der Waals surface area (Å²) in [7, 11) is 0. The van der Waals surface area contributed by atoms with E-state index >= 15 is 0 Å². The third kappa shape index (κ3) is 2.62. The van der Waals surface area contributed by atoms with E-state index in [1.165, 1.54) is 54.3 Å². The van der Waals surface area contributed by atoms with Crippen LogP contribution in [0, 0.1) is 6.92 Å². The van der Waals surface area contributed by atoms with Crippen molar-refractivity contribution in [3.63, 3.8) is 0 Å². The van der Waals surface area contributed by atoms with Gasteiger partial charge in [-0.3, -0.25) is 0 Å². The second-order valence-corrected chi connectivity index (χ2v) is 8.49. The molecule has 1 aliphatic rings. The topological polar surface area (TPSA) is 0 Å². The molecule has 142 valence electrons. The second kappa shape index (κ2) is 6.88. The lowest BCUT2D eigenvalue weighted by molar-refractivity contribution is 1.03. The van der Waals surface area contributed by atoms with Gasteiger partial charge in [-0.15, -0.1) is 0 Å². The largest absolute Gasteiger partial charge is 0.241 e. The summed E-state index contributed by atoms with van der Waals surface area (Å²) < 4.78 is 0. The maximum Gasteiger partial charge on any atom is 0.241 e. The summed E-state index contributed by atoms with van der Waals surface area (Å²) in [6.07, 6.45) is 9.36. The van der Waals surface area contributed by atoms with Crippen molar-refractivity contribution < 1.29 is 0 Å². The Morgan fingerprint density at radius 3 is 2.13 bits per heavy atom. The van der Waals surface area contributed by atoms with Crippen molar-refractivity contribution in [2.45, 2.75) is 19.8 Å². The molecule has 0 aromatic heterocycles. The maximum atomic E-state index is 2.43. The average Bonchev–Trinajstić information content (AvgIpc) is 2.81.